The van der Waals surface area contributed by atoms with Gasteiger partial charge in [-0.3, -0.25) is 4.79 Å². The van der Waals surface area contributed by atoms with Crippen LogP contribution < -0.4 is 10.5 Å². The highest BCUT2D eigenvalue weighted by Gasteiger charge is 2.17. The van der Waals surface area contributed by atoms with Crippen molar-refractivity contribution in [1.82, 2.24) is 10.3 Å². The number of hydrogen-bond acceptors (Lipinski definition) is 5. The first-order valence-electron chi connectivity index (χ1n) is 5.59. The van der Waals surface area contributed by atoms with Crippen molar-refractivity contribution >= 4 is 27.3 Å². The van der Waals surface area contributed by atoms with Gasteiger partial charge in [-0.2, -0.15) is 0 Å². The van der Waals surface area contributed by atoms with E-state index in [2.05, 4.69) is 10.3 Å². The van der Waals surface area contributed by atoms with E-state index in [1.54, 1.807) is 0 Å². The van der Waals surface area contributed by atoms with E-state index in [0.29, 0.717) is 4.88 Å². The fraction of sp³-hybridized carbons (Fsp3) is 0.600. The van der Waals surface area contributed by atoms with Crippen molar-refractivity contribution in [2.45, 2.75) is 31.9 Å². The Kier molecular flexibility index (Phi) is 5.24. The van der Waals surface area contributed by atoms with Gasteiger partial charge in [0.25, 0.3) is 5.91 Å². The largest absolute Gasteiger partial charge is 0.350 e. The van der Waals surface area contributed by atoms with Crippen LogP contribution in [0.2, 0.25) is 0 Å². The maximum absolute atomic E-state index is 11.7. The lowest BCUT2D eigenvalue weighted by Gasteiger charge is -2.09. The molecule has 1 aromatic heterocycles. The lowest BCUT2D eigenvalue weighted by atomic mass is 10.4. The summed E-state index contributed by atoms with van der Waals surface area (Å²) in [5.41, 5.74) is 0. The number of aryl methyl sites for hydroxylation is 1. The number of nitrogens with one attached hydrogen (secondary N) is 1. The fourth-order valence-electron chi connectivity index (χ4n) is 1.18. The molecule has 1 rings (SSSR count). The summed E-state index contributed by atoms with van der Waals surface area (Å²) >= 11 is 1.32. The van der Waals surface area contributed by atoms with Crippen LogP contribution in [0.25, 0.3) is 0 Å². The molecule has 0 saturated heterocycles. The number of amides is 1. The Labute approximate surface area is 111 Å². The molecule has 0 bridgehead atoms. The second-order valence-electron chi connectivity index (χ2n) is 3.98. The maximum atomic E-state index is 11.7. The lowest BCUT2D eigenvalue weighted by molar-refractivity contribution is 0.0958. The average molecular weight is 291 g/mol. The molecule has 0 fully saturated rings. The summed E-state index contributed by atoms with van der Waals surface area (Å²) in [5.74, 6) is -0.314. The van der Waals surface area contributed by atoms with Gasteiger partial charge in [0.2, 0.25) is 10.0 Å². The summed E-state index contributed by atoms with van der Waals surface area (Å²) in [6.45, 7) is 3.48. The summed E-state index contributed by atoms with van der Waals surface area (Å²) in [5, 5.41) is 7.60. The van der Waals surface area contributed by atoms with E-state index in [9.17, 15) is 13.2 Å². The fourth-order valence-corrected chi connectivity index (χ4v) is 2.44. The standard InChI is InChI=1S/C10H17N3O3S2/c1-3-4-9-12-6-8(17-9)10(14)13-5-7(2)18(11,15)16/h6-7H,3-5H2,1-2H3,(H,13,14)(H2,11,15,16)/t7-/m0/s1. The molecule has 3 N–H and O–H groups in total. The van der Waals surface area contributed by atoms with Gasteiger partial charge in [-0.25, -0.2) is 18.5 Å². The number of aromatic nitrogens is 1. The highest BCUT2D eigenvalue weighted by Crippen LogP contribution is 2.14. The van der Waals surface area contributed by atoms with E-state index in [0.717, 1.165) is 17.8 Å². The minimum absolute atomic E-state index is 0.00131. The van der Waals surface area contributed by atoms with E-state index in [1.165, 1.54) is 24.5 Å². The van der Waals surface area contributed by atoms with Crippen molar-refractivity contribution in [1.29, 1.82) is 0 Å². The van der Waals surface area contributed by atoms with Crippen LogP contribution >= 0.6 is 11.3 Å². The van der Waals surface area contributed by atoms with Gasteiger partial charge in [0.1, 0.15) is 4.88 Å². The van der Waals surface area contributed by atoms with Crippen LogP contribution in [0, 0.1) is 0 Å². The van der Waals surface area contributed by atoms with Crippen LogP contribution in [0.5, 0.6) is 0 Å². The molecule has 0 aliphatic carbocycles. The summed E-state index contributed by atoms with van der Waals surface area (Å²) in [6.07, 6.45) is 3.31. The summed E-state index contributed by atoms with van der Waals surface area (Å²) < 4.78 is 22.0. The molecule has 0 spiro atoms. The smallest absolute Gasteiger partial charge is 0.263 e. The number of carbonyl (C=O) groups excluding carboxylic acids is 1. The van der Waals surface area contributed by atoms with E-state index < -0.39 is 15.3 Å². The number of nitrogens with two attached hydrogens (primary N) is 1. The molecule has 1 atom stereocenters. The molecule has 102 valence electrons. The Hall–Kier alpha value is -0.990. The number of sulfonamides is 1. The van der Waals surface area contributed by atoms with E-state index in [1.807, 2.05) is 6.92 Å². The van der Waals surface area contributed by atoms with Gasteiger partial charge in [-0.15, -0.1) is 11.3 Å². The van der Waals surface area contributed by atoms with Gasteiger partial charge in [0, 0.05) is 6.54 Å². The quantitative estimate of drug-likeness (QED) is 0.796. The van der Waals surface area contributed by atoms with Gasteiger partial charge in [0.15, 0.2) is 0 Å². The van der Waals surface area contributed by atoms with Gasteiger partial charge < -0.3 is 5.32 Å². The Morgan fingerprint density at radius 3 is 2.83 bits per heavy atom. The molecule has 8 heteroatoms. The monoisotopic (exact) mass is 291 g/mol. The third kappa shape index (κ3) is 4.35. The first-order valence-corrected chi connectivity index (χ1v) is 8.01. The number of thiazole rings is 1. The molecule has 0 saturated carbocycles. The van der Waals surface area contributed by atoms with Crippen molar-refractivity contribution in [3.63, 3.8) is 0 Å². The highest BCUT2D eigenvalue weighted by molar-refractivity contribution is 7.89. The van der Waals surface area contributed by atoms with Crippen LogP contribution in [-0.2, 0) is 16.4 Å². The summed E-state index contributed by atoms with van der Waals surface area (Å²) in [7, 11) is -3.61. The Balaban J connectivity index is 2.55. The second kappa shape index (κ2) is 6.26. The molecular weight excluding hydrogens is 274 g/mol. The molecule has 1 aromatic rings. The number of primary sulfonamides is 1. The van der Waals surface area contributed by atoms with Gasteiger partial charge in [0.05, 0.1) is 16.5 Å². The summed E-state index contributed by atoms with van der Waals surface area (Å²) in [6, 6.07) is 0. The lowest BCUT2D eigenvalue weighted by Crippen LogP contribution is -2.37. The highest BCUT2D eigenvalue weighted by atomic mass is 32.2. The molecule has 0 radical (unpaired) electrons. The minimum Gasteiger partial charge on any atom is -0.350 e. The second-order valence-corrected chi connectivity index (χ2v) is 7.08. The van der Waals surface area contributed by atoms with Crippen LogP contribution in [0.15, 0.2) is 6.20 Å². The molecule has 18 heavy (non-hydrogen) atoms. The van der Waals surface area contributed by atoms with Gasteiger partial charge in [-0.1, -0.05) is 6.92 Å². The molecule has 0 unspecified atom stereocenters. The SMILES string of the molecule is CCCc1ncc(C(=O)NC[C@H](C)S(N)(=O)=O)s1. The van der Waals surface area contributed by atoms with Crippen molar-refractivity contribution in [2.24, 2.45) is 5.14 Å². The van der Waals surface area contributed by atoms with Crippen LogP contribution in [0.1, 0.15) is 34.9 Å². The molecule has 0 aromatic carbocycles. The maximum Gasteiger partial charge on any atom is 0.263 e. The predicted octanol–water partition coefficient (Wildman–Crippen LogP) is 0.502. The average Bonchev–Trinajstić information content (AvgIpc) is 2.73. The third-order valence-electron chi connectivity index (χ3n) is 2.35. The van der Waals surface area contributed by atoms with Gasteiger partial charge in [-0.05, 0) is 19.8 Å². The van der Waals surface area contributed by atoms with E-state index in [4.69, 9.17) is 5.14 Å². The molecule has 0 aliphatic heterocycles. The van der Waals surface area contributed by atoms with E-state index in [-0.39, 0.29) is 12.5 Å². The van der Waals surface area contributed by atoms with Crippen LogP contribution in [0.4, 0.5) is 0 Å². The Bertz CT molecular complexity index is 510. The molecule has 0 aliphatic rings. The summed E-state index contributed by atoms with van der Waals surface area (Å²) in [4.78, 5) is 16.3. The number of hydrogen-bond donors (Lipinski definition) is 2. The van der Waals surface area contributed by atoms with Crippen molar-refractivity contribution in [3.8, 4) is 0 Å². The van der Waals surface area contributed by atoms with Crippen molar-refractivity contribution < 1.29 is 13.2 Å². The van der Waals surface area contributed by atoms with Crippen LogP contribution in [0.3, 0.4) is 0 Å². The zero-order valence-electron chi connectivity index (χ0n) is 10.3. The van der Waals surface area contributed by atoms with Crippen LogP contribution in [-0.4, -0.2) is 31.1 Å². The van der Waals surface area contributed by atoms with Gasteiger partial charge >= 0.3 is 0 Å². The minimum atomic E-state index is -3.61. The number of nitrogens with zero attached hydrogens (tertiary/aromatic N) is 1. The first kappa shape index (κ1) is 15.1. The topological polar surface area (TPSA) is 102 Å². The van der Waals surface area contributed by atoms with E-state index >= 15 is 0 Å². The number of rotatable bonds is 6. The molecule has 1 amide bonds. The molecule has 1 heterocycles. The first-order chi connectivity index (χ1) is 8.34. The Morgan fingerprint density at radius 2 is 2.28 bits per heavy atom. The third-order valence-corrected chi connectivity index (χ3v) is 4.70. The normalized spacial score (nSPS) is 13.3. The number of carbonyl (C=O) groups is 1. The molecule has 6 nitrogen and oxygen atoms in total. The van der Waals surface area contributed by atoms with Crippen molar-refractivity contribution in [2.75, 3.05) is 6.54 Å². The zero-order valence-corrected chi connectivity index (χ0v) is 12.0. The molecular formula is C10H17N3O3S2. The predicted molar refractivity (Wildman–Crippen MR) is 71.0 cm³/mol. The van der Waals surface area contributed by atoms with Crippen molar-refractivity contribution in [3.05, 3.63) is 16.1 Å². The Morgan fingerprint density at radius 1 is 1.61 bits per heavy atom. The zero-order chi connectivity index (χ0) is 13.8.